The molecule has 2 N–H and O–H groups in total. The second-order valence-corrected chi connectivity index (χ2v) is 4.98. The van der Waals surface area contributed by atoms with Crippen LogP contribution < -0.4 is 5.32 Å². The predicted octanol–water partition coefficient (Wildman–Crippen LogP) is 1.90. The first kappa shape index (κ1) is 14.3. The largest absolute Gasteiger partial charge is 0.467 e. The number of aromatic nitrogens is 2. The number of furan rings is 1. The summed E-state index contributed by atoms with van der Waals surface area (Å²) in [5, 5.41) is 16.6. The molecular formula is C15H15N3O4. The summed E-state index contributed by atoms with van der Waals surface area (Å²) in [5.41, 5.74) is 1.96. The minimum atomic E-state index is -0.619. The topological polar surface area (TPSA) is 101 Å². The number of carbonyl (C=O) groups excluding carboxylic acids is 1. The highest BCUT2D eigenvalue weighted by atomic mass is 16.5. The van der Waals surface area contributed by atoms with Crippen molar-refractivity contribution in [3.8, 4) is 0 Å². The molecular weight excluding hydrogens is 286 g/mol. The standard InChI is InChI=1S/C15H15N3O4/c1-8-6-10(13-9(2)18-22-15(13)16-8)14(20)17-11(7-19)12-4-3-5-21-12/h3-6,11,19H,7H2,1-2H3,(H,17,20). The molecule has 0 aromatic carbocycles. The lowest BCUT2D eigenvalue weighted by Crippen LogP contribution is -2.30. The molecule has 1 atom stereocenters. The summed E-state index contributed by atoms with van der Waals surface area (Å²) < 4.78 is 10.3. The van der Waals surface area contributed by atoms with Gasteiger partial charge in [0, 0.05) is 5.69 Å². The Morgan fingerprint density at radius 2 is 2.27 bits per heavy atom. The Morgan fingerprint density at radius 1 is 1.45 bits per heavy atom. The van der Waals surface area contributed by atoms with Crippen molar-refractivity contribution in [3.05, 3.63) is 47.2 Å². The first-order valence-corrected chi connectivity index (χ1v) is 6.79. The fourth-order valence-electron chi connectivity index (χ4n) is 2.33. The van der Waals surface area contributed by atoms with E-state index in [1.165, 1.54) is 6.26 Å². The number of amides is 1. The number of hydrogen-bond donors (Lipinski definition) is 2. The number of pyridine rings is 1. The lowest BCUT2D eigenvalue weighted by atomic mass is 10.1. The van der Waals surface area contributed by atoms with Crippen LogP contribution in [0, 0.1) is 13.8 Å². The van der Waals surface area contributed by atoms with Crippen LogP contribution in [0.2, 0.25) is 0 Å². The fraction of sp³-hybridized carbons (Fsp3) is 0.267. The molecule has 0 bridgehead atoms. The van der Waals surface area contributed by atoms with Crippen LogP contribution in [0.5, 0.6) is 0 Å². The Bertz CT molecular complexity index is 808. The van der Waals surface area contributed by atoms with E-state index in [2.05, 4.69) is 15.5 Å². The van der Waals surface area contributed by atoms with Gasteiger partial charge in [-0.25, -0.2) is 4.98 Å². The number of carbonyl (C=O) groups is 1. The Morgan fingerprint density at radius 3 is 2.95 bits per heavy atom. The maximum Gasteiger partial charge on any atom is 0.258 e. The lowest BCUT2D eigenvalue weighted by molar-refractivity contribution is 0.0908. The molecule has 0 spiro atoms. The van der Waals surface area contributed by atoms with Crippen molar-refractivity contribution in [3.63, 3.8) is 0 Å². The smallest absolute Gasteiger partial charge is 0.258 e. The number of aliphatic hydroxyl groups excluding tert-OH is 1. The van der Waals surface area contributed by atoms with Gasteiger partial charge >= 0.3 is 0 Å². The van der Waals surface area contributed by atoms with E-state index in [4.69, 9.17) is 8.94 Å². The summed E-state index contributed by atoms with van der Waals surface area (Å²) in [5.74, 6) is 0.136. The van der Waals surface area contributed by atoms with E-state index in [9.17, 15) is 9.90 Å². The van der Waals surface area contributed by atoms with Crippen molar-refractivity contribution in [1.29, 1.82) is 0 Å². The first-order valence-electron chi connectivity index (χ1n) is 6.79. The quantitative estimate of drug-likeness (QED) is 0.763. The van der Waals surface area contributed by atoms with E-state index < -0.39 is 6.04 Å². The molecule has 0 aliphatic heterocycles. The molecule has 22 heavy (non-hydrogen) atoms. The minimum absolute atomic E-state index is 0.269. The Kier molecular flexibility index (Phi) is 3.64. The monoisotopic (exact) mass is 301 g/mol. The number of nitrogens with zero attached hydrogens (tertiary/aromatic N) is 2. The second kappa shape index (κ2) is 5.61. The van der Waals surface area contributed by atoms with Crippen molar-refractivity contribution in [2.45, 2.75) is 19.9 Å². The Labute approximate surface area is 125 Å². The average Bonchev–Trinajstić information content (AvgIpc) is 3.14. The van der Waals surface area contributed by atoms with Crippen LogP contribution >= 0.6 is 0 Å². The van der Waals surface area contributed by atoms with Crippen LogP contribution in [-0.4, -0.2) is 27.8 Å². The molecule has 1 unspecified atom stereocenters. The zero-order valence-electron chi connectivity index (χ0n) is 12.2. The van der Waals surface area contributed by atoms with Crippen molar-refractivity contribution in [2.75, 3.05) is 6.61 Å². The van der Waals surface area contributed by atoms with Crippen LogP contribution in [0.4, 0.5) is 0 Å². The lowest BCUT2D eigenvalue weighted by Gasteiger charge is -2.14. The molecule has 114 valence electrons. The second-order valence-electron chi connectivity index (χ2n) is 4.98. The summed E-state index contributed by atoms with van der Waals surface area (Å²) in [7, 11) is 0. The van der Waals surface area contributed by atoms with Gasteiger partial charge in [-0.15, -0.1) is 0 Å². The first-order chi connectivity index (χ1) is 10.6. The highest BCUT2D eigenvalue weighted by Crippen LogP contribution is 2.23. The van der Waals surface area contributed by atoms with Gasteiger partial charge in [0.1, 0.15) is 11.8 Å². The molecule has 3 aromatic heterocycles. The normalized spacial score (nSPS) is 12.5. The van der Waals surface area contributed by atoms with Crippen LogP contribution in [0.3, 0.4) is 0 Å². The van der Waals surface area contributed by atoms with Crippen LogP contribution in [0.15, 0.2) is 33.4 Å². The average molecular weight is 301 g/mol. The molecule has 0 aliphatic carbocycles. The molecule has 0 aliphatic rings. The van der Waals surface area contributed by atoms with E-state index in [-0.39, 0.29) is 12.5 Å². The molecule has 3 aromatic rings. The Balaban J connectivity index is 1.97. The zero-order valence-corrected chi connectivity index (χ0v) is 12.2. The molecule has 0 saturated carbocycles. The van der Waals surface area contributed by atoms with Gasteiger partial charge in [-0.2, -0.15) is 0 Å². The summed E-state index contributed by atoms with van der Waals surface area (Å²) in [4.78, 5) is 16.8. The third-order valence-corrected chi connectivity index (χ3v) is 3.36. The molecule has 1 amide bonds. The van der Waals surface area contributed by atoms with Crippen LogP contribution in [0.25, 0.3) is 11.1 Å². The maximum atomic E-state index is 12.6. The van der Waals surface area contributed by atoms with Gasteiger partial charge in [0.25, 0.3) is 11.6 Å². The molecule has 0 fully saturated rings. The Hall–Kier alpha value is -2.67. The highest BCUT2D eigenvalue weighted by Gasteiger charge is 2.22. The van der Waals surface area contributed by atoms with Crippen LogP contribution in [0.1, 0.15) is 33.5 Å². The number of aryl methyl sites for hydroxylation is 2. The minimum Gasteiger partial charge on any atom is -0.467 e. The fourth-order valence-corrected chi connectivity index (χ4v) is 2.33. The number of aliphatic hydroxyl groups is 1. The van der Waals surface area contributed by atoms with Crippen molar-refractivity contribution < 1.29 is 18.8 Å². The predicted molar refractivity (Wildman–Crippen MR) is 77.3 cm³/mol. The zero-order chi connectivity index (χ0) is 15.7. The van der Waals surface area contributed by atoms with Gasteiger partial charge in [-0.05, 0) is 32.0 Å². The van der Waals surface area contributed by atoms with E-state index in [1.54, 1.807) is 32.0 Å². The molecule has 3 heterocycles. The third-order valence-electron chi connectivity index (χ3n) is 3.36. The van der Waals surface area contributed by atoms with Gasteiger partial charge in [0.15, 0.2) is 0 Å². The number of fused-ring (bicyclic) bond motifs is 1. The summed E-state index contributed by atoms with van der Waals surface area (Å²) in [6, 6.07) is 4.44. The molecule has 0 radical (unpaired) electrons. The number of nitrogens with one attached hydrogen (secondary N) is 1. The number of rotatable bonds is 4. The van der Waals surface area contributed by atoms with E-state index in [1.807, 2.05) is 0 Å². The van der Waals surface area contributed by atoms with Crippen molar-refractivity contribution in [2.24, 2.45) is 0 Å². The SMILES string of the molecule is Cc1cc(C(=O)NC(CO)c2ccco2)c2c(C)noc2n1. The van der Waals surface area contributed by atoms with Gasteiger partial charge in [-0.1, -0.05) is 5.16 Å². The van der Waals surface area contributed by atoms with Gasteiger partial charge in [0.05, 0.1) is 29.5 Å². The van der Waals surface area contributed by atoms with Crippen molar-refractivity contribution >= 4 is 17.0 Å². The summed E-state index contributed by atoms with van der Waals surface area (Å²) >= 11 is 0. The van der Waals surface area contributed by atoms with Gasteiger partial charge < -0.3 is 19.4 Å². The van der Waals surface area contributed by atoms with E-state index in [0.717, 1.165) is 0 Å². The molecule has 3 rings (SSSR count). The van der Waals surface area contributed by atoms with Crippen LogP contribution in [-0.2, 0) is 0 Å². The molecule has 0 saturated heterocycles. The summed E-state index contributed by atoms with van der Waals surface area (Å²) in [6.45, 7) is 3.24. The highest BCUT2D eigenvalue weighted by molar-refractivity contribution is 6.06. The van der Waals surface area contributed by atoms with E-state index >= 15 is 0 Å². The van der Waals surface area contributed by atoms with Crippen molar-refractivity contribution in [1.82, 2.24) is 15.5 Å². The molecule has 7 heteroatoms. The van der Waals surface area contributed by atoms with Gasteiger partial charge in [-0.3, -0.25) is 4.79 Å². The third kappa shape index (κ3) is 2.46. The number of hydrogen-bond acceptors (Lipinski definition) is 6. The maximum absolute atomic E-state index is 12.6. The molecule has 7 nitrogen and oxygen atoms in total. The summed E-state index contributed by atoms with van der Waals surface area (Å²) in [6.07, 6.45) is 1.49. The van der Waals surface area contributed by atoms with E-state index in [0.29, 0.717) is 33.8 Å². The van der Waals surface area contributed by atoms with Gasteiger partial charge in [0.2, 0.25) is 0 Å².